The van der Waals surface area contributed by atoms with Crippen LogP contribution in [0.25, 0.3) is 5.69 Å². The summed E-state index contributed by atoms with van der Waals surface area (Å²) in [7, 11) is 3.20. The van der Waals surface area contributed by atoms with E-state index < -0.39 is 0 Å². The van der Waals surface area contributed by atoms with Gasteiger partial charge in [-0.05, 0) is 30.3 Å². The van der Waals surface area contributed by atoms with Crippen LogP contribution in [0.15, 0.2) is 48.7 Å². The number of nitrogens with one attached hydrogen (secondary N) is 1. The number of rotatable bonds is 4. The second kappa shape index (κ2) is 6.96. The van der Waals surface area contributed by atoms with Crippen molar-refractivity contribution in [3.8, 4) is 17.2 Å². The van der Waals surface area contributed by atoms with Gasteiger partial charge >= 0.3 is 0 Å². The molecule has 1 amide bonds. The van der Waals surface area contributed by atoms with Crippen molar-refractivity contribution in [3.05, 3.63) is 64.8 Å². The summed E-state index contributed by atoms with van der Waals surface area (Å²) in [5.74, 6) is 1.66. The Bertz CT molecular complexity index is 998. The minimum Gasteiger partial charge on any atom is -0.493 e. The number of hydrogen-bond donors (Lipinski definition) is 1. The smallest absolute Gasteiger partial charge is 0.226 e. The molecule has 0 saturated carbocycles. The van der Waals surface area contributed by atoms with Gasteiger partial charge in [0, 0.05) is 28.5 Å². The van der Waals surface area contributed by atoms with Gasteiger partial charge in [0.05, 0.1) is 26.1 Å². The van der Waals surface area contributed by atoms with Gasteiger partial charge in [-0.15, -0.1) is 0 Å². The summed E-state index contributed by atoms with van der Waals surface area (Å²) in [5, 5.41) is 8.08. The SMILES string of the molecule is COc1cccc([C@@H]2CC(=O)Nc3c2cnn3-c2ccc(Cl)cc2)c1OC. The highest BCUT2D eigenvalue weighted by molar-refractivity contribution is 6.30. The quantitative estimate of drug-likeness (QED) is 0.739. The summed E-state index contributed by atoms with van der Waals surface area (Å²) in [4.78, 5) is 12.5. The maximum absolute atomic E-state index is 12.5. The Morgan fingerprint density at radius 2 is 1.89 bits per heavy atom. The van der Waals surface area contributed by atoms with E-state index >= 15 is 0 Å². The van der Waals surface area contributed by atoms with Gasteiger partial charge in [-0.25, -0.2) is 4.68 Å². The minimum atomic E-state index is -0.181. The fourth-order valence-electron chi connectivity index (χ4n) is 3.46. The molecule has 138 valence electrons. The van der Waals surface area contributed by atoms with E-state index in [2.05, 4.69) is 10.4 Å². The van der Waals surface area contributed by atoms with Crippen LogP contribution in [0.4, 0.5) is 5.82 Å². The number of methoxy groups -OCH3 is 2. The van der Waals surface area contributed by atoms with Crippen molar-refractivity contribution in [2.45, 2.75) is 12.3 Å². The first kappa shape index (κ1) is 17.4. The van der Waals surface area contributed by atoms with Gasteiger partial charge < -0.3 is 14.8 Å². The molecule has 7 heteroatoms. The number of amides is 1. The molecule has 1 atom stereocenters. The van der Waals surface area contributed by atoms with Gasteiger partial charge in [-0.3, -0.25) is 4.79 Å². The minimum absolute atomic E-state index is 0.0758. The van der Waals surface area contributed by atoms with Crippen molar-refractivity contribution in [3.63, 3.8) is 0 Å². The molecule has 3 aromatic rings. The summed E-state index contributed by atoms with van der Waals surface area (Å²) in [6.07, 6.45) is 2.09. The van der Waals surface area contributed by atoms with E-state index in [1.165, 1.54) is 0 Å². The maximum Gasteiger partial charge on any atom is 0.226 e. The highest BCUT2D eigenvalue weighted by Crippen LogP contribution is 2.44. The molecule has 2 aromatic carbocycles. The molecule has 0 bridgehead atoms. The molecule has 1 aliphatic rings. The van der Waals surface area contributed by atoms with Gasteiger partial charge in [0.1, 0.15) is 5.82 Å². The van der Waals surface area contributed by atoms with Crippen LogP contribution in [-0.4, -0.2) is 29.9 Å². The Balaban J connectivity index is 1.84. The Morgan fingerprint density at radius 3 is 2.59 bits per heavy atom. The Kier molecular flexibility index (Phi) is 4.49. The van der Waals surface area contributed by atoms with Crippen molar-refractivity contribution in [2.24, 2.45) is 0 Å². The van der Waals surface area contributed by atoms with E-state index in [1.54, 1.807) is 37.2 Å². The number of nitrogens with zero attached hydrogens (tertiary/aromatic N) is 2. The summed E-state index contributed by atoms with van der Waals surface area (Å²) in [6, 6.07) is 13.0. The first-order valence-corrected chi connectivity index (χ1v) is 8.84. The third kappa shape index (κ3) is 3.02. The number of halogens is 1. The summed E-state index contributed by atoms with van der Waals surface area (Å²) < 4.78 is 12.7. The van der Waals surface area contributed by atoms with Crippen molar-refractivity contribution < 1.29 is 14.3 Å². The highest BCUT2D eigenvalue weighted by atomic mass is 35.5. The van der Waals surface area contributed by atoms with E-state index in [4.69, 9.17) is 21.1 Å². The van der Waals surface area contributed by atoms with Crippen LogP contribution in [0.1, 0.15) is 23.5 Å². The average molecular weight is 384 g/mol. The molecule has 0 spiro atoms. The Morgan fingerprint density at radius 1 is 1.11 bits per heavy atom. The lowest BCUT2D eigenvalue weighted by Gasteiger charge is -2.25. The molecule has 2 heterocycles. The van der Waals surface area contributed by atoms with Crippen molar-refractivity contribution in [2.75, 3.05) is 19.5 Å². The van der Waals surface area contributed by atoms with Crippen LogP contribution < -0.4 is 14.8 Å². The molecule has 4 rings (SSSR count). The number of hydrogen-bond acceptors (Lipinski definition) is 4. The van der Waals surface area contributed by atoms with Crippen LogP contribution in [0.2, 0.25) is 5.02 Å². The molecule has 0 unspecified atom stereocenters. The summed E-state index contributed by atoms with van der Waals surface area (Å²) in [6.45, 7) is 0. The van der Waals surface area contributed by atoms with Gasteiger partial charge in [0.2, 0.25) is 5.91 Å². The number of ether oxygens (including phenoxy) is 2. The molecule has 27 heavy (non-hydrogen) atoms. The molecule has 0 radical (unpaired) electrons. The number of carbonyl (C=O) groups is 1. The second-order valence-electron chi connectivity index (χ2n) is 6.22. The normalized spacial score (nSPS) is 15.8. The Labute approximate surface area is 161 Å². The first-order valence-electron chi connectivity index (χ1n) is 8.47. The molecule has 0 aliphatic carbocycles. The average Bonchev–Trinajstić information content (AvgIpc) is 3.11. The third-order valence-corrected chi connectivity index (χ3v) is 4.95. The lowest BCUT2D eigenvalue weighted by molar-refractivity contribution is -0.116. The number of carbonyl (C=O) groups excluding carboxylic acids is 1. The zero-order valence-electron chi connectivity index (χ0n) is 14.9. The van der Waals surface area contributed by atoms with Gasteiger partial charge in [-0.1, -0.05) is 23.7 Å². The second-order valence-corrected chi connectivity index (χ2v) is 6.66. The number of para-hydroxylation sites is 1. The van der Waals surface area contributed by atoms with E-state index in [1.807, 2.05) is 30.3 Å². The molecule has 1 N–H and O–H groups in total. The molecular formula is C20H18ClN3O3. The molecule has 0 saturated heterocycles. The summed E-state index contributed by atoms with van der Waals surface area (Å²) >= 11 is 5.98. The predicted octanol–water partition coefficient (Wildman–Crippen LogP) is 4.02. The largest absolute Gasteiger partial charge is 0.493 e. The fourth-order valence-corrected chi connectivity index (χ4v) is 3.59. The van der Waals surface area contributed by atoms with E-state index in [0.29, 0.717) is 28.8 Å². The monoisotopic (exact) mass is 383 g/mol. The molecular weight excluding hydrogens is 366 g/mol. The molecule has 6 nitrogen and oxygen atoms in total. The van der Waals surface area contributed by atoms with Crippen LogP contribution in [0, 0.1) is 0 Å². The topological polar surface area (TPSA) is 65.4 Å². The van der Waals surface area contributed by atoms with Crippen LogP contribution >= 0.6 is 11.6 Å². The zero-order valence-corrected chi connectivity index (χ0v) is 15.7. The van der Waals surface area contributed by atoms with E-state index in [9.17, 15) is 4.79 Å². The lowest BCUT2D eigenvalue weighted by Crippen LogP contribution is -2.24. The van der Waals surface area contributed by atoms with Crippen molar-refractivity contribution >= 4 is 23.3 Å². The van der Waals surface area contributed by atoms with Crippen molar-refractivity contribution in [1.29, 1.82) is 0 Å². The van der Waals surface area contributed by atoms with E-state index in [0.717, 1.165) is 16.8 Å². The molecule has 1 aliphatic heterocycles. The number of anilines is 1. The number of aromatic nitrogens is 2. The van der Waals surface area contributed by atoms with Gasteiger partial charge in [-0.2, -0.15) is 5.10 Å². The Hall–Kier alpha value is -2.99. The highest BCUT2D eigenvalue weighted by Gasteiger charge is 2.32. The lowest BCUT2D eigenvalue weighted by atomic mass is 9.86. The van der Waals surface area contributed by atoms with Crippen LogP contribution in [-0.2, 0) is 4.79 Å². The van der Waals surface area contributed by atoms with Crippen molar-refractivity contribution in [1.82, 2.24) is 9.78 Å². The number of benzene rings is 2. The zero-order chi connectivity index (χ0) is 19.0. The fraction of sp³-hybridized carbons (Fsp3) is 0.200. The molecule has 1 aromatic heterocycles. The van der Waals surface area contributed by atoms with Gasteiger partial charge in [0.15, 0.2) is 11.5 Å². The third-order valence-electron chi connectivity index (χ3n) is 4.70. The maximum atomic E-state index is 12.5. The molecule has 0 fully saturated rings. The standard InChI is InChI=1S/C20H18ClN3O3/c1-26-17-5-3-4-14(19(17)27-2)15-10-18(25)23-20-16(15)11-22-24(20)13-8-6-12(21)7-9-13/h3-9,11,15H,10H2,1-2H3,(H,23,25)/t15-/m0/s1. The summed E-state index contributed by atoms with van der Waals surface area (Å²) in [5.41, 5.74) is 2.64. The van der Waals surface area contributed by atoms with Crippen LogP contribution in [0.5, 0.6) is 11.5 Å². The van der Waals surface area contributed by atoms with E-state index in [-0.39, 0.29) is 11.8 Å². The predicted molar refractivity (Wildman–Crippen MR) is 103 cm³/mol. The first-order chi connectivity index (χ1) is 13.1. The van der Waals surface area contributed by atoms with Gasteiger partial charge in [0.25, 0.3) is 0 Å². The number of fused-ring (bicyclic) bond motifs is 1. The van der Waals surface area contributed by atoms with Crippen LogP contribution in [0.3, 0.4) is 0 Å².